The molecule has 0 aliphatic heterocycles. The Bertz CT molecular complexity index is 204. The van der Waals surface area contributed by atoms with Gasteiger partial charge in [-0.1, -0.05) is 20.4 Å². The summed E-state index contributed by atoms with van der Waals surface area (Å²) in [6.07, 6.45) is 1.82. The third kappa shape index (κ3) is 3.99. The molecular formula is C10H21N3. The fourth-order valence-electron chi connectivity index (χ4n) is 1.03. The maximum atomic E-state index is 5.88. The summed E-state index contributed by atoms with van der Waals surface area (Å²) in [4.78, 5) is 0. The lowest BCUT2D eigenvalue weighted by atomic mass is 10.1. The maximum absolute atomic E-state index is 5.88. The smallest absolute Gasteiger partial charge is 0.0392 e. The van der Waals surface area contributed by atoms with Crippen LogP contribution in [0.5, 0.6) is 0 Å². The summed E-state index contributed by atoms with van der Waals surface area (Å²) in [5.41, 5.74) is 7.07. The minimum Gasteiger partial charge on any atom is -0.399 e. The van der Waals surface area contributed by atoms with Crippen LogP contribution in [-0.4, -0.2) is 11.1 Å². The molecule has 0 bridgehead atoms. The number of hydrogen-bond donors (Lipinski definition) is 2. The van der Waals surface area contributed by atoms with Crippen LogP contribution in [0.4, 0.5) is 0 Å². The molecule has 0 aromatic carbocycles. The van der Waals surface area contributed by atoms with Crippen molar-refractivity contribution < 1.29 is 0 Å². The molecule has 0 saturated carbocycles. The first-order chi connectivity index (χ1) is 5.86. The summed E-state index contributed by atoms with van der Waals surface area (Å²) in [5, 5.41) is 1.72. The van der Waals surface area contributed by atoms with Crippen molar-refractivity contribution in [3.05, 3.63) is 24.0 Å². The van der Waals surface area contributed by atoms with E-state index in [1.165, 1.54) is 0 Å². The maximum Gasteiger partial charge on any atom is 0.0392 e. The monoisotopic (exact) mass is 183 g/mol. The molecule has 0 amide bonds. The highest BCUT2D eigenvalue weighted by atomic mass is 15.4. The van der Waals surface area contributed by atoms with Gasteiger partial charge < -0.3 is 10.7 Å². The highest BCUT2D eigenvalue weighted by Gasteiger charge is 2.12. The van der Waals surface area contributed by atoms with Crippen LogP contribution >= 0.6 is 0 Å². The topological polar surface area (TPSA) is 55.3 Å². The lowest BCUT2D eigenvalue weighted by Crippen LogP contribution is -2.38. The van der Waals surface area contributed by atoms with Crippen LogP contribution < -0.4 is 11.6 Å². The molecule has 0 spiro atoms. The zero-order valence-electron chi connectivity index (χ0n) is 9.04. The molecule has 4 N–H and O–H groups in total. The minimum absolute atomic E-state index is 0.271. The van der Waals surface area contributed by atoms with Crippen molar-refractivity contribution in [1.82, 2.24) is 5.01 Å². The highest BCUT2D eigenvalue weighted by molar-refractivity contribution is 5.18. The van der Waals surface area contributed by atoms with E-state index in [1.807, 2.05) is 19.9 Å². The Hall–Kier alpha value is -0.960. The number of allylic oxidation sites excluding steroid dienone is 2. The van der Waals surface area contributed by atoms with Gasteiger partial charge in [-0.25, -0.2) is 5.84 Å². The lowest BCUT2D eigenvalue weighted by Gasteiger charge is -2.28. The van der Waals surface area contributed by atoms with Gasteiger partial charge in [0.15, 0.2) is 0 Å². The minimum atomic E-state index is 0.271. The Morgan fingerprint density at radius 3 is 2.00 bits per heavy atom. The third-order valence-corrected chi connectivity index (χ3v) is 1.78. The molecule has 0 aliphatic rings. The van der Waals surface area contributed by atoms with Crippen molar-refractivity contribution in [2.75, 3.05) is 0 Å². The highest BCUT2D eigenvalue weighted by Crippen LogP contribution is 2.15. The molecule has 0 radical (unpaired) electrons. The first kappa shape index (κ1) is 12.0. The molecule has 0 unspecified atom stereocenters. The molecule has 76 valence electrons. The van der Waals surface area contributed by atoms with Crippen LogP contribution in [0.25, 0.3) is 0 Å². The second-order valence-corrected chi connectivity index (χ2v) is 3.80. The standard InChI is InChI=1S/C10H21N3/c1-7(2)10(6-9(5)11)13(12)8(3)4/h6-8H,5,11-12H2,1-4H3/b10-6-. The van der Waals surface area contributed by atoms with Gasteiger partial charge in [-0.3, -0.25) is 0 Å². The van der Waals surface area contributed by atoms with Gasteiger partial charge in [-0.15, -0.1) is 0 Å². The molecule has 0 heterocycles. The predicted molar refractivity (Wildman–Crippen MR) is 57.4 cm³/mol. The Labute approximate surface area is 81.1 Å². The average molecular weight is 183 g/mol. The van der Waals surface area contributed by atoms with Crippen molar-refractivity contribution in [3.63, 3.8) is 0 Å². The van der Waals surface area contributed by atoms with Crippen molar-refractivity contribution >= 4 is 0 Å². The van der Waals surface area contributed by atoms with Crippen LogP contribution in [0.2, 0.25) is 0 Å². The van der Waals surface area contributed by atoms with E-state index in [9.17, 15) is 0 Å². The van der Waals surface area contributed by atoms with Crippen LogP contribution in [0.3, 0.4) is 0 Å². The van der Waals surface area contributed by atoms with E-state index >= 15 is 0 Å². The fraction of sp³-hybridized carbons (Fsp3) is 0.600. The predicted octanol–water partition coefficient (Wildman–Crippen LogP) is 1.58. The summed E-state index contributed by atoms with van der Waals surface area (Å²) < 4.78 is 0. The second-order valence-electron chi connectivity index (χ2n) is 3.80. The molecule has 0 rings (SSSR count). The number of nitrogens with zero attached hydrogens (tertiary/aromatic N) is 1. The van der Waals surface area contributed by atoms with E-state index in [0.29, 0.717) is 11.6 Å². The first-order valence-corrected chi connectivity index (χ1v) is 4.56. The van der Waals surface area contributed by atoms with Crippen molar-refractivity contribution in [3.8, 4) is 0 Å². The zero-order valence-corrected chi connectivity index (χ0v) is 9.04. The Balaban J connectivity index is 4.71. The first-order valence-electron chi connectivity index (χ1n) is 4.56. The quantitative estimate of drug-likeness (QED) is 0.395. The van der Waals surface area contributed by atoms with Gasteiger partial charge in [-0.2, -0.15) is 0 Å². The van der Waals surface area contributed by atoms with Gasteiger partial charge in [0.2, 0.25) is 0 Å². The number of hydrogen-bond acceptors (Lipinski definition) is 3. The Morgan fingerprint density at radius 2 is 1.77 bits per heavy atom. The van der Waals surface area contributed by atoms with E-state index in [4.69, 9.17) is 11.6 Å². The summed E-state index contributed by atoms with van der Waals surface area (Å²) in [7, 11) is 0. The molecule has 0 aromatic heterocycles. The Morgan fingerprint density at radius 1 is 1.31 bits per heavy atom. The zero-order chi connectivity index (χ0) is 10.6. The van der Waals surface area contributed by atoms with Crippen molar-refractivity contribution in [2.45, 2.75) is 33.7 Å². The van der Waals surface area contributed by atoms with E-state index < -0.39 is 0 Å². The normalized spacial score (nSPS) is 12.4. The molecule has 3 heteroatoms. The summed E-state index contributed by atoms with van der Waals surface area (Å²) >= 11 is 0. The largest absolute Gasteiger partial charge is 0.399 e. The van der Waals surface area contributed by atoms with E-state index in [-0.39, 0.29) is 6.04 Å². The van der Waals surface area contributed by atoms with Gasteiger partial charge in [-0.05, 0) is 25.8 Å². The third-order valence-electron chi connectivity index (χ3n) is 1.78. The average Bonchev–Trinajstić information content (AvgIpc) is 1.97. The molecule has 13 heavy (non-hydrogen) atoms. The van der Waals surface area contributed by atoms with Crippen LogP contribution in [0.15, 0.2) is 24.0 Å². The number of hydrazine groups is 1. The number of rotatable bonds is 4. The van der Waals surface area contributed by atoms with Gasteiger partial charge in [0.05, 0.1) is 0 Å². The molecule has 0 atom stereocenters. The summed E-state index contributed by atoms with van der Waals surface area (Å²) in [6, 6.07) is 0.271. The van der Waals surface area contributed by atoms with Gasteiger partial charge >= 0.3 is 0 Å². The van der Waals surface area contributed by atoms with Crippen molar-refractivity contribution in [2.24, 2.45) is 17.5 Å². The van der Waals surface area contributed by atoms with E-state index in [0.717, 1.165) is 5.70 Å². The van der Waals surface area contributed by atoms with E-state index in [1.54, 1.807) is 5.01 Å². The second kappa shape index (κ2) is 4.92. The molecule has 0 saturated heterocycles. The van der Waals surface area contributed by atoms with E-state index in [2.05, 4.69) is 20.4 Å². The van der Waals surface area contributed by atoms with Gasteiger partial charge in [0, 0.05) is 17.4 Å². The van der Waals surface area contributed by atoms with Crippen LogP contribution in [0.1, 0.15) is 27.7 Å². The molecular weight excluding hydrogens is 162 g/mol. The van der Waals surface area contributed by atoms with Gasteiger partial charge in [0.25, 0.3) is 0 Å². The SMILES string of the molecule is C=C(N)/C=C(/C(C)C)N(N)C(C)C. The fourth-order valence-corrected chi connectivity index (χ4v) is 1.03. The molecule has 0 fully saturated rings. The van der Waals surface area contributed by atoms with Gasteiger partial charge in [0.1, 0.15) is 0 Å². The van der Waals surface area contributed by atoms with Crippen LogP contribution in [-0.2, 0) is 0 Å². The summed E-state index contributed by atoms with van der Waals surface area (Å²) in [6.45, 7) is 11.9. The molecule has 0 aromatic rings. The Kier molecular flexibility index (Phi) is 4.56. The summed E-state index contributed by atoms with van der Waals surface area (Å²) in [5.74, 6) is 6.23. The van der Waals surface area contributed by atoms with Crippen LogP contribution in [0, 0.1) is 5.92 Å². The molecule has 0 aliphatic carbocycles. The number of nitrogens with two attached hydrogens (primary N) is 2. The molecule has 3 nitrogen and oxygen atoms in total. The lowest BCUT2D eigenvalue weighted by molar-refractivity contribution is 0.266. The van der Waals surface area contributed by atoms with Crippen molar-refractivity contribution in [1.29, 1.82) is 0 Å².